The standard InChI is InChI=1S/C14H13BrFN3O/c1-2-17-13-5-3-4-12(18-13)14(20)19-11-7-6-9(16)8-10(11)15/h3-8H,2H2,1H3,(H,17,18)(H,19,20). The van der Waals surface area contributed by atoms with Crippen LogP contribution in [0, 0.1) is 5.82 Å². The van der Waals surface area contributed by atoms with Gasteiger partial charge in [-0.15, -0.1) is 0 Å². The van der Waals surface area contributed by atoms with E-state index < -0.39 is 0 Å². The Morgan fingerprint density at radius 3 is 2.85 bits per heavy atom. The van der Waals surface area contributed by atoms with Crippen molar-refractivity contribution in [3.63, 3.8) is 0 Å². The Hall–Kier alpha value is -1.95. The lowest BCUT2D eigenvalue weighted by atomic mass is 10.3. The Kier molecular flexibility index (Phi) is 4.68. The van der Waals surface area contributed by atoms with Crippen molar-refractivity contribution in [1.82, 2.24) is 4.98 Å². The van der Waals surface area contributed by atoms with E-state index in [0.29, 0.717) is 21.7 Å². The number of carbonyl (C=O) groups excluding carboxylic acids is 1. The summed E-state index contributed by atoms with van der Waals surface area (Å²) in [5, 5.41) is 5.72. The maximum atomic E-state index is 13.0. The van der Waals surface area contributed by atoms with E-state index in [-0.39, 0.29) is 11.7 Å². The highest BCUT2D eigenvalue weighted by molar-refractivity contribution is 9.10. The highest BCUT2D eigenvalue weighted by atomic mass is 79.9. The molecule has 0 radical (unpaired) electrons. The summed E-state index contributed by atoms with van der Waals surface area (Å²) in [5.41, 5.74) is 0.784. The molecule has 0 aliphatic carbocycles. The van der Waals surface area contributed by atoms with Crippen LogP contribution in [0.15, 0.2) is 40.9 Å². The van der Waals surface area contributed by atoms with Gasteiger partial charge in [0.15, 0.2) is 0 Å². The fourth-order valence-electron chi connectivity index (χ4n) is 1.62. The van der Waals surface area contributed by atoms with E-state index >= 15 is 0 Å². The Morgan fingerprint density at radius 2 is 2.15 bits per heavy atom. The van der Waals surface area contributed by atoms with Gasteiger partial charge in [0.2, 0.25) is 0 Å². The number of amides is 1. The smallest absolute Gasteiger partial charge is 0.274 e. The van der Waals surface area contributed by atoms with Crippen LogP contribution in [0.2, 0.25) is 0 Å². The molecule has 0 saturated carbocycles. The minimum absolute atomic E-state index is 0.291. The van der Waals surface area contributed by atoms with Gasteiger partial charge in [-0.3, -0.25) is 4.79 Å². The molecule has 2 N–H and O–H groups in total. The predicted molar refractivity (Wildman–Crippen MR) is 80.5 cm³/mol. The van der Waals surface area contributed by atoms with Crippen LogP contribution in [0.25, 0.3) is 0 Å². The number of aromatic nitrogens is 1. The summed E-state index contributed by atoms with van der Waals surface area (Å²) in [6.07, 6.45) is 0. The van der Waals surface area contributed by atoms with Gasteiger partial charge in [0.25, 0.3) is 5.91 Å². The van der Waals surface area contributed by atoms with Crippen molar-refractivity contribution >= 4 is 33.3 Å². The van der Waals surface area contributed by atoms with E-state index in [1.165, 1.54) is 18.2 Å². The number of carbonyl (C=O) groups is 1. The first-order valence-corrected chi connectivity index (χ1v) is 6.87. The van der Waals surface area contributed by atoms with Crippen molar-refractivity contribution in [1.29, 1.82) is 0 Å². The van der Waals surface area contributed by atoms with Gasteiger partial charge >= 0.3 is 0 Å². The Bertz CT molecular complexity index is 634. The van der Waals surface area contributed by atoms with Gasteiger partial charge in [-0.2, -0.15) is 0 Å². The summed E-state index contributed by atoms with van der Waals surface area (Å²) in [5.74, 6) is -0.0856. The molecule has 6 heteroatoms. The number of pyridine rings is 1. The summed E-state index contributed by atoms with van der Waals surface area (Å²) < 4.78 is 13.5. The third-order valence-electron chi connectivity index (χ3n) is 2.52. The first-order valence-electron chi connectivity index (χ1n) is 6.07. The van der Waals surface area contributed by atoms with E-state index in [2.05, 4.69) is 31.5 Å². The fourth-order valence-corrected chi connectivity index (χ4v) is 2.07. The van der Waals surface area contributed by atoms with Crippen LogP contribution in [0.3, 0.4) is 0 Å². The second-order valence-corrected chi connectivity index (χ2v) is 4.87. The van der Waals surface area contributed by atoms with E-state index in [1.54, 1.807) is 18.2 Å². The van der Waals surface area contributed by atoms with Crippen molar-refractivity contribution in [3.05, 3.63) is 52.4 Å². The molecule has 0 aliphatic rings. The summed E-state index contributed by atoms with van der Waals surface area (Å²) in [4.78, 5) is 16.3. The number of halogens is 2. The van der Waals surface area contributed by atoms with E-state index in [1.807, 2.05) is 6.92 Å². The zero-order chi connectivity index (χ0) is 14.5. The lowest BCUT2D eigenvalue weighted by Crippen LogP contribution is -2.15. The molecule has 0 saturated heterocycles. The third kappa shape index (κ3) is 3.54. The van der Waals surface area contributed by atoms with Crippen LogP contribution in [0.4, 0.5) is 15.9 Å². The molecule has 1 aromatic carbocycles. The molecule has 104 valence electrons. The zero-order valence-corrected chi connectivity index (χ0v) is 12.4. The number of hydrogen-bond acceptors (Lipinski definition) is 3. The number of benzene rings is 1. The van der Waals surface area contributed by atoms with Crippen LogP contribution in [0.5, 0.6) is 0 Å². The fraction of sp³-hybridized carbons (Fsp3) is 0.143. The van der Waals surface area contributed by atoms with E-state index in [9.17, 15) is 9.18 Å². The number of nitrogens with zero attached hydrogens (tertiary/aromatic N) is 1. The largest absolute Gasteiger partial charge is 0.370 e. The average Bonchev–Trinajstić information content (AvgIpc) is 2.42. The molecule has 0 fully saturated rings. The van der Waals surface area contributed by atoms with Crippen molar-refractivity contribution in [2.75, 3.05) is 17.2 Å². The molecule has 1 heterocycles. The van der Waals surface area contributed by atoms with Crippen LogP contribution in [-0.2, 0) is 0 Å². The topological polar surface area (TPSA) is 54.0 Å². The monoisotopic (exact) mass is 337 g/mol. The van der Waals surface area contributed by atoms with Crippen LogP contribution < -0.4 is 10.6 Å². The second kappa shape index (κ2) is 6.47. The Labute approximate surface area is 124 Å². The lowest BCUT2D eigenvalue weighted by molar-refractivity contribution is 0.102. The molecule has 2 aromatic rings. The quantitative estimate of drug-likeness (QED) is 0.894. The van der Waals surface area contributed by atoms with Crippen molar-refractivity contribution < 1.29 is 9.18 Å². The molecule has 0 unspecified atom stereocenters. The molecule has 0 bridgehead atoms. The average molecular weight is 338 g/mol. The molecular formula is C14H13BrFN3O. The molecule has 0 atom stereocenters. The summed E-state index contributed by atoms with van der Waals surface area (Å²) in [6.45, 7) is 2.67. The lowest BCUT2D eigenvalue weighted by Gasteiger charge is -2.08. The van der Waals surface area contributed by atoms with E-state index in [4.69, 9.17) is 0 Å². The zero-order valence-electron chi connectivity index (χ0n) is 10.8. The van der Waals surface area contributed by atoms with Gasteiger partial charge in [0, 0.05) is 11.0 Å². The number of nitrogens with one attached hydrogen (secondary N) is 2. The van der Waals surface area contributed by atoms with Crippen molar-refractivity contribution in [3.8, 4) is 0 Å². The minimum atomic E-state index is -0.373. The molecule has 2 rings (SSSR count). The maximum Gasteiger partial charge on any atom is 0.274 e. The number of rotatable bonds is 4. The molecule has 4 nitrogen and oxygen atoms in total. The molecule has 0 aliphatic heterocycles. The number of hydrogen-bond donors (Lipinski definition) is 2. The van der Waals surface area contributed by atoms with Crippen molar-refractivity contribution in [2.24, 2.45) is 0 Å². The molecular weight excluding hydrogens is 325 g/mol. The van der Waals surface area contributed by atoms with Gasteiger partial charge in [-0.25, -0.2) is 9.37 Å². The van der Waals surface area contributed by atoms with Gasteiger partial charge in [-0.1, -0.05) is 6.07 Å². The first-order chi connectivity index (χ1) is 9.60. The number of anilines is 2. The summed E-state index contributed by atoms with van der Waals surface area (Å²) in [7, 11) is 0. The molecule has 0 spiro atoms. The van der Waals surface area contributed by atoms with Crippen LogP contribution in [-0.4, -0.2) is 17.4 Å². The summed E-state index contributed by atoms with van der Waals surface area (Å²) in [6, 6.07) is 9.22. The van der Waals surface area contributed by atoms with Gasteiger partial charge in [0.1, 0.15) is 17.3 Å². The normalized spacial score (nSPS) is 10.2. The highest BCUT2D eigenvalue weighted by Gasteiger charge is 2.10. The third-order valence-corrected chi connectivity index (χ3v) is 3.18. The Morgan fingerprint density at radius 1 is 1.35 bits per heavy atom. The van der Waals surface area contributed by atoms with Gasteiger partial charge < -0.3 is 10.6 Å². The predicted octanol–water partition coefficient (Wildman–Crippen LogP) is 3.67. The van der Waals surface area contributed by atoms with Crippen molar-refractivity contribution in [2.45, 2.75) is 6.92 Å². The minimum Gasteiger partial charge on any atom is -0.370 e. The maximum absolute atomic E-state index is 13.0. The second-order valence-electron chi connectivity index (χ2n) is 4.02. The first kappa shape index (κ1) is 14.5. The highest BCUT2D eigenvalue weighted by Crippen LogP contribution is 2.23. The van der Waals surface area contributed by atoms with Gasteiger partial charge in [0.05, 0.1) is 5.69 Å². The molecule has 1 aromatic heterocycles. The van der Waals surface area contributed by atoms with Gasteiger partial charge in [-0.05, 0) is 53.2 Å². The molecule has 1 amide bonds. The molecule has 20 heavy (non-hydrogen) atoms. The Balaban J connectivity index is 2.17. The van der Waals surface area contributed by atoms with Crippen LogP contribution in [0.1, 0.15) is 17.4 Å². The van der Waals surface area contributed by atoms with Crippen LogP contribution >= 0.6 is 15.9 Å². The van der Waals surface area contributed by atoms with E-state index in [0.717, 1.165) is 6.54 Å². The SMILES string of the molecule is CCNc1cccc(C(=O)Nc2ccc(F)cc2Br)n1. The summed E-state index contributed by atoms with van der Waals surface area (Å²) >= 11 is 3.20.